The summed E-state index contributed by atoms with van der Waals surface area (Å²) in [6.07, 6.45) is 3.60. The third-order valence-corrected chi connectivity index (χ3v) is 2.18. The van der Waals surface area contributed by atoms with Gasteiger partial charge in [-0.3, -0.25) is 4.79 Å². The highest BCUT2D eigenvalue weighted by molar-refractivity contribution is 5.86. The van der Waals surface area contributed by atoms with E-state index >= 15 is 0 Å². The van der Waals surface area contributed by atoms with Crippen LogP contribution in [0, 0.1) is 5.92 Å². The molecule has 2 fully saturated rings. The quantitative estimate of drug-likeness (QED) is 0.447. The van der Waals surface area contributed by atoms with Crippen LogP contribution in [0.5, 0.6) is 0 Å². The van der Waals surface area contributed by atoms with Gasteiger partial charge in [0.15, 0.2) is 0 Å². The van der Waals surface area contributed by atoms with Crippen LogP contribution in [-0.2, 0) is 4.79 Å². The molecule has 1 aliphatic carbocycles. The molecule has 2 nitrogen and oxygen atoms in total. The Balaban J connectivity index is 2.11. The van der Waals surface area contributed by atoms with Crippen molar-refractivity contribution in [3.63, 3.8) is 0 Å². The summed E-state index contributed by atoms with van der Waals surface area (Å²) in [7, 11) is 0. The molecule has 1 N–H and O–H groups in total. The number of fused-ring (bicyclic) bond motifs is 1. The van der Waals surface area contributed by atoms with Gasteiger partial charge in [0.05, 0.1) is 5.92 Å². The molecule has 2 aliphatic rings. The third kappa shape index (κ3) is 0.358. The first-order chi connectivity index (χ1) is 3.88. The van der Waals surface area contributed by atoms with Crippen molar-refractivity contribution in [3.05, 3.63) is 0 Å². The van der Waals surface area contributed by atoms with E-state index in [9.17, 15) is 4.79 Å². The van der Waals surface area contributed by atoms with E-state index in [0.717, 1.165) is 6.42 Å². The van der Waals surface area contributed by atoms with Crippen LogP contribution in [0.15, 0.2) is 0 Å². The van der Waals surface area contributed by atoms with Gasteiger partial charge in [0.25, 0.3) is 0 Å². The maximum atomic E-state index is 10.6. The summed E-state index contributed by atoms with van der Waals surface area (Å²) in [6, 6.07) is 0.572. The molecule has 0 aromatic rings. The van der Waals surface area contributed by atoms with Gasteiger partial charge in [-0.25, -0.2) is 0 Å². The van der Waals surface area contributed by atoms with Gasteiger partial charge in [0, 0.05) is 6.04 Å². The SMILES string of the molecule is O=C1N[C@@H]2CCCC12. The Morgan fingerprint density at radius 2 is 2.38 bits per heavy atom. The van der Waals surface area contributed by atoms with Crippen molar-refractivity contribution in [1.29, 1.82) is 0 Å². The fourth-order valence-electron chi connectivity index (χ4n) is 1.64. The van der Waals surface area contributed by atoms with Crippen LogP contribution in [0.2, 0.25) is 0 Å². The van der Waals surface area contributed by atoms with Gasteiger partial charge in [-0.2, -0.15) is 0 Å². The molecule has 0 aromatic heterocycles. The molecule has 0 spiro atoms. The van der Waals surface area contributed by atoms with Crippen LogP contribution in [-0.4, -0.2) is 11.9 Å². The fourth-order valence-corrected chi connectivity index (χ4v) is 1.64. The normalized spacial score (nSPS) is 42.8. The van der Waals surface area contributed by atoms with Crippen molar-refractivity contribution in [2.45, 2.75) is 25.3 Å². The number of amides is 1. The molecule has 1 saturated heterocycles. The number of β-lactam (4-membered cyclic amide) rings is 1. The minimum atomic E-state index is 0.285. The number of nitrogens with one attached hydrogen (secondary N) is 1. The minimum Gasteiger partial charge on any atom is -0.352 e. The van der Waals surface area contributed by atoms with Crippen LogP contribution in [0.25, 0.3) is 0 Å². The van der Waals surface area contributed by atoms with E-state index < -0.39 is 0 Å². The van der Waals surface area contributed by atoms with Crippen molar-refractivity contribution in [2.24, 2.45) is 5.92 Å². The van der Waals surface area contributed by atoms with Crippen molar-refractivity contribution >= 4 is 5.91 Å². The zero-order valence-corrected chi connectivity index (χ0v) is 4.68. The van der Waals surface area contributed by atoms with Crippen LogP contribution in [0.4, 0.5) is 0 Å². The van der Waals surface area contributed by atoms with E-state index in [1.54, 1.807) is 0 Å². The minimum absolute atomic E-state index is 0.285. The van der Waals surface area contributed by atoms with Crippen LogP contribution in [0.3, 0.4) is 0 Å². The third-order valence-electron chi connectivity index (χ3n) is 2.18. The lowest BCUT2D eigenvalue weighted by molar-refractivity contribution is -0.133. The molecular weight excluding hydrogens is 102 g/mol. The van der Waals surface area contributed by atoms with Gasteiger partial charge in [0.1, 0.15) is 0 Å². The molecule has 2 rings (SSSR count). The monoisotopic (exact) mass is 111 g/mol. The molecule has 0 radical (unpaired) electrons. The summed E-state index contributed by atoms with van der Waals surface area (Å²) in [5, 5.41) is 2.87. The average Bonchev–Trinajstić information content (AvgIpc) is 2.09. The predicted octanol–water partition coefficient (Wildman–Crippen LogP) is 0.285. The molecule has 44 valence electrons. The van der Waals surface area contributed by atoms with Crippen LogP contribution in [0.1, 0.15) is 19.3 Å². The maximum Gasteiger partial charge on any atom is 0.225 e. The van der Waals surface area contributed by atoms with Gasteiger partial charge < -0.3 is 5.32 Å². The summed E-state index contributed by atoms with van der Waals surface area (Å²) in [5.74, 6) is 0.697. The van der Waals surface area contributed by atoms with Crippen molar-refractivity contribution in [1.82, 2.24) is 5.32 Å². The van der Waals surface area contributed by atoms with Gasteiger partial charge in [-0.15, -0.1) is 0 Å². The molecule has 1 saturated carbocycles. The Kier molecular flexibility index (Phi) is 0.678. The van der Waals surface area contributed by atoms with Crippen LogP contribution >= 0.6 is 0 Å². The van der Waals surface area contributed by atoms with Gasteiger partial charge in [0.2, 0.25) is 5.91 Å². The summed E-state index contributed by atoms with van der Waals surface area (Å²) >= 11 is 0. The zero-order valence-electron chi connectivity index (χ0n) is 4.68. The highest BCUT2D eigenvalue weighted by Crippen LogP contribution is 2.31. The highest BCUT2D eigenvalue weighted by atomic mass is 16.2. The second kappa shape index (κ2) is 1.24. The molecular formula is C6H9NO. The van der Waals surface area contributed by atoms with E-state index in [1.807, 2.05) is 0 Å². The largest absolute Gasteiger partial charge is 0.352 e. The second-order valence-corrected chi connectivity index (χ2v) is 2.65. The Hall–Kier alpha value is -0.530. The molecule has 0 bridgehead atoms. The van der Waals surface area contributed by atoms with E-state index in [2.05, 4.69) is 5.32 Å². The lowest BCUT2D eigenvalue weighted by Gasteiger charge is -2.30. The zero-order chi connectivity index (χ0) is 5.56. The summed E-state index contributed by atoms with van der Waals surface area (Å²) < 4.78 is 0. The Morgan fingerprint density at radius 3 is 2.88 bits per heavy atom. The number of hydrogen-bond donors (Lipinski definition) is 1. The topological polar surface area (TPSA) is 29.1 Å². The lowest BCUT2D eigenvalue weighted by Crippen LogP contribution is -2.54. The Bertz CT molecular complexity index is 132. The first-order valence-corrected chi connectivity index (χ1v) is 3.18. The molecule has 8 heavy (non-hydrogen) atoms. The molecule has 1 heterocycles. The van der Waals surface area contributed by atoms with Gasteiger partial charge >= 0.3 is 0 Å². The van der Waals surface area contributed by atoms with E-state index in [4.69, 9.17) is 0 Å². The lowest BCUT2D eigenvalue weighted by atomic mass is 9.95. The first-order valence-electron chi connectivity index (χ1n) is 3.18. The molecule has 2 heteroatoms. The number of carbonyl (C=O) groups is 1. The van der Waals surface area contributed by atoms with Crippen molar-refractivity contribution in [2.75, 3.05) is 0 Å². The second-order valence-electron chi connectivity index (χ2n) is 2.65. The van der Waals surface area contributed by atoms with Crippen molar-refractivity contribution < 1.29 is 4.79 Å². The molecule has 1 amide bonds. The summed E-state index contributed by atoms with van der Waals surface area (Å²) in [6.45, 7) is 0. The first kappa shape index (κ1) is 4.36. The van der Waals surface area contributed by atoms with E-state index in [-0.39, 0.29) is 5.91 Å². The standard InChI is InChI=1S/C6H9NO/c8-6-4-2-1-3-5(4)7-6/h4-5H,1-3H2,(H,7,8)/t4?,5-/m1/s1. The van der Waals surface area contributed by atoms with E-state index in [1.165, 1.54) is 12.8 Å². The Morgan fingerprint density at radius 1 is 1.50 bits per heavy atom. The Labute approximate surface area is 48.3 Å². The maximum absolute atomic E-state index is 10.6. The number of carbonyl (C=O) groups excluding carboxylic acids is 1. The van der Waals surface area contributed by atoms with Gasteiger partial charge in [-0.1, -0.05) is 6.42 Å². The van der Waals surface area contributed by atoms with E-state index in [0.29, 0.717) is 12.0 Å². The van der Waals surface area contributed by atoms with Crippen LogP contribution < -0.4 is 5.32 Å². The number of hydrogen-bond acceptors (Lipinski definition) is 1. The number of rotatable bonds is 0. The highest BCUT2D eigenvalue weighted by Gasteiger charge is 2.41. The summed E-state index contributed by atoms with van der Waals surface area (Å²) in [5.41, 5.74) is 0. The van der Waals surface area contributed by atoms with Crippen molar-refractivity contribution in [3.8, 4) is 0 Å². The fraction of sp³-hybridized carbons (Fsp3) is 0.833. The molecule has 2 atom stereocenters. The average molecular weight is 111 g/mol. The smallest absolute Gasteiger partial charge is 0.225 e. The molecule has 1 aliphatic heterocycles. The molecule has 1 unspecified atom stereocenters. The summed E-state index contributed by atoms with van der Waals surface area (Å²) in [4.78, 5) is 10.6. The predicted molar refractivity (Wildman–Crippen MR) is 29.3 cm³/mol. The van der Waals surface area contributed by atoms with Gasteiger partial charge in [-0.05, 0) is 12.8 Å². The molecule has 0 aromatic carbocycles.